The standard InChI is InChI=1S/C19H15N3/c1-14-6-5-7-15(12-14)19-21-17-10-11-20-13-18(17)22(19)16-8-3-2-4-9-16/h2-13H,1H3. The van der Waals surface area contributed by atoms with Crippen molar-refractivity contribution < 1.29 is 0 Å². The molecule has 0 aliphatic heterocycles. The summed E-state index contributed by atoms with van der Waals surface area (Å²) in [7, 11) is 0. The summed E-state index contributed by atoms with van der Waals surface area (Å²) < 4.78 is 2.16. The van der Waals surface area contributed by atoms with Gasteiger partial charge in [0, 0.05) is 17.4 Å². The lowest BCUT2D eigenvalue weighted by Gasteiger charge is -2.09. The molecule has 4 aromatic rings. The maximum absolute atomic E-state index is 4.82. The van der Waals surface area contributed by atoms with Crippen molar-refractivity contribution in [1.29, 1.82) is 0 Å². The van der Waals surface area contributed by atoms with Gasteiger partial charge in [0.2, 0.25) is 0 Å². The average molecular weight is 285 g/mol. The molecule has 106 valence electrons. The Morgan fingerprint density at radius 3 is 2.59 bits per heavy atom. The van der Waals surface area contributed by atoms with E-state index < -0.39 is 0 Å². The lowest BCUT2D eigenvalue weighted by Crippen LogP contribution is -1.97. The van der Waals surface area contributed by atoms with E-state index in [1.54, 1.807) is 6.20 Å². The van der Waals surface area contributed by atoms with E-state index in [9.17, 15) is 0 Å². The number of para-hydroxylation sites is 1. The minimum absolute atomic E-state index is 0.943. The van der Waals surface area contributed by atoms with Gasteiger partial charge in [0.05, 0.1) is 17.2 Å². The van der Waals surface area contributed by atoms with Crippen molar-refractivity contribution in [3.05, 3.63) is 78.6 Å². The molecule has 0 amide bonds. The zero-order valence-corrected chi connectivity index (χ0v) is 12.3. The lowest BCUT2D eigenvalue weighted by atomic mass is 10.1. The normalized spacial score (nSPS) is 11.0. The molecule has 0 N–H and O–H groups in total. The van der Waals surface area contributed by atoms with Gasteiger partial charge in [0.1, 0.15) is 5.82 Å². The van der Waals surface area contributed by atoms with Gasteiger partial charge < -0.3 is 0 Å². The summed E-state index contributed by atoms with van der Waals surface area (Å²) in [5.74, 6) is 0.943. The van der Waals surface area contributed by atoms with E-state index in [0.717, 1.165) is 28.1 Å². The zero-order chi connectivity index (χ0) is 14.9. The second-order valence-electron chi connectivity index (χ2n) is 5.34. The predicted octanol–water partition coefficient (Wildman–Crippen LogP) is 4.40. The highest BCUT2D eigenvalue weighted by molar-refractivity contribution is 5.82. The second-order valence-corrected chi connectivity index (χ2v) is 5.34. The molecule has 0 bridgehead atoms. The number of aryl methyl sites for hydroxylation is 1. The van der Waals surface area contributed by atoms with Crippen molar-refractivity contribution in [1.82, 2.24) is 14.5 Å². The minimum Gasteiger partial charge on any atom is -0.291 e. The van der Waals surface area contributed by atoms with Gasteiger partial charge in [0.25, 0.3) is 0 Å². The monoisotopic (exact) mass is 285 g/mol. The molecule has 3 nitrogen and oxygen atoms in total. The first-order chi connectivity index (χ1) is 10.8. The summed E-state index contributed by atoms with van der Waals surface area (Å²) in [6.45, 7) is 2.10. The predicted molar refractivity (Wildman–Crippen MR) is 89.0 cm³/mol. The molecular formula is C19H15N3. The first kappa shape index (κ1) is 12.8. The highest BCUT2D eigenvalue weighted by Crippen LogP contribution is 2.28. The van der Waals surface area contributed by atoms with Crippen LogP contribution >= 0.6 is 0 Å². The van der Waals surface area contributed by atoms with Gasteiger partial charge in [-0.3, -0.25) is 9.55 Å². The van der Waals surface area contributed by atoms with Crippen LogP contribution in [-0.4, -0.2) is 14.5 Å². The summed E-state index contributed by atoms with van der Waals surface area (Å²) in [4.78, 5) is 9.09. The second kappa shape index (κ2) is 5.11. The van der Waals surface area contributed by atoms with E-state index in [2.05, 4.69) is 52.9 Å². The number of rotatable bonds is 2. The molecule has 2 aromatic heterocycles. The van der Waals surface area contributed by atoms with Crippen LogP contribution in [0.2, 0.25) is 0 Å². The number of benzene rings is 2. The molecule has 2 aromatic carbocycles. The van der Waals surface area contributed by atoms with E-state index in [4.69, 9.17) is 4.98 Å². The molecule has 0 saturated heterocycles. The summed E-state index contributed by atoms with van der Waals surface area (Å²) in [5, 5.41) is 0. The number of hydrogen-bond donors (Lipinski definition) is 0. The fourth-order valence-electron chi connectivity index (χ4n) is 2.74. The van der Waals surface area contributed by atoms with Crippen LogP contribution in [0, 0.1) is 6.92 Å². The zero-order valence-electron chi connectivity index (χ0n) is 12.3. The molecule has 22 heavy (non-hydrogen) atoms. The van der Waals surface area contributed by atoms with Gasteiger partial charge in [-0.1, -0.05) is 42.0 Å². The van der Waals surface area contributed by atoms with Gasteiger partial charge in [-0.2, -0.15) is 0 Å². The van der Waals surface area contributed by atoms with E-state index in [1.165, 1.54) is 5.56 Å². The number of hydrogen-bond acceptors (Lipinski definition) is 2. The lowest BCUT2D eigenvalue weighted by molar-refractivity contribution is 1.10. The smallest absolute Gasteiger partial charge is 0.145 e. The first-order valence-corrected chi connectivity index (χ1v) is 7.28. The van der Waals surface area contributed by atoms with Crippen LogP contribution in [-0.2, 0) is 0 Å². The van der Waals surface area contributed by atoms with Crippen molar-refractivity contribution >= 4 is 11.0 Å². The Balaban J connectivity index is 2.06. The number of aromatic nitrogens is 3. The van der Waals surface area contributed by atoms with Crippen LogP contribution in [0.3, 0.4) is 0 Å². The van der Waals surface area contributed by atoms with Crippen molar-refractivity contribution in [3.63, 3.8) is 0 Å². The highest BCUT2D eigenvalue weighted by atomic mass is 15.1. The molecule has 0 fully saturated rings. The Morgan fingerprint density at radius 2 is 1.77 bits per heavy atom. The number of imidazole rings is 1. The topological polar surface area (TPSA) is 30.7 Å². The van der Waals surface area contributed by atoms with Gasteiger partial charge in [-0.15, -0.1) is 0 Å². The SMILES string of the molecule is Cc1cccc(-c2nc3ccncc3n2-c2ccccc2)c1. The van der Waals surface area contributed by atoms with Gasteiger partial charge in [-0.25, -0.2) is 4.98 Å². The van der Waals surface area contributed by atoms with Gasteiger partial charge >= 0.3 is 0 Å². The molecule has 3 heteroatoms. The molecule has 4 rings (SSSR count). The van der Waals surface area contributed by atoms with Crippen LogP contribution in [0.25, 0.3) is 28.1 Å². The summed E-state index contributed by atoms with van der Waals surface area (Å²) in [5.41, 5.74) is 5.40. The molecular weight excluding hydrogens is 270 g/mol. The largest absolute Gasteiger partial charge is 0.291 e. The minimum atomic E-state index is 0.943. The molecule has 0 aliphatic rings. The maximum atomic E-state index is 4.82. The Bertz CT molecular complexity index is 939. The molecule has 0 radical (unpaired) electrons. The van der Waals surface area contributed by atoms with Crippen LogP contribution < -0.4 is 0 Å². The van der Waals surface area contributed by atoms with Crippen molar-refractivity contribution in [2.45, 2.75) is 6.92 Å². The average Bonchev–Trinajstić information content (AvgIpc) is 2.95. The third kappa shape index (κ3) is 2.07. The quantitative estimate of drug-likeness (QED) is 0.546. The molecule has 0 aliphatic carbocycles. The summed E-state index contributed by atoms with van der Waals surface area (Å²) in [6.07, 6.45) is 3.65. The molecule has 0 unspecified atom stereocenters. The fourth-order valence-corrected chi connectivity index (χ4v) is 2.74. The molecule has 0 saturated carbocycles. The number of fused-ring (bicyclic) bond motifs is 1. The first-order valence-electron chi connectivity index (χ1n) is 7.28. The summed E-state index contributed by atoms with van der Waals surface area (Å²) >= 11 is 0. The van der Waals surface area contributed by atoms with Crippen molar-refractivity contribution in [3.8, 4) is 17.1 Å². The number of nitrogens with zero attached hydrogens (tertiary/aromatic N) is 3. The third-order valence-electron chi connectivity index (χ3n) is 3.75. The summed E-state index contributed by atoms with van der Waals surface area (Å²) in [6, 6.07) is 20.7. The van der Waals surface area contributed by atoms with E-state index >= 15 is 0 Å². The van der Waals surface area contributed by atoms with E-state index in [1.807, 2.05) is 30.5 Å². The van der Waals surface area contributed by atoms with Crippen LogP contribution in [0.15, 0.2) is 73.1 Å². The van der Waals surface area contributed by atoms with Crippen molar-refractivity contribution in [2.24, 2.45) is 0 Å². The van der Waals surface area contributed by atoms with Crippen molar-refractivity contribution in [2.75, 3.05) is 0 Å². The molecule has 0 atom stereocenters. The van der Waals surface area contributed by atoms with Crippen LogP contribution in [0.4, 0.5) is 0 Å². The number of pyridine rings is 1. The Hall–Kier alpha value is -2.94. The van der Waals surface area contributed by atoms with Crippen LogP contribution in [0.1, 0.15) is 5.56 Å². The van der Waals surface area contributed by atoms with E-state index in [-0.39, 0.29) is 0 Å². The Morgan fingerprint density at radius 1 is 0.909 bits per heavy atom. The maximum Gasteiger partial charge on any atom is 0.145 e. The van der Waals surface area contributed by atoms with Gasteiger partial charge in [0.15, 0.2) is 0 Å². The fraction of sp³-hybridized carbons (Fsp3) is 0.0526. The Kier molecular flexibility index (Phi) is 2.97. The molecule has 2 heterocycles. The Labute approximate surface area is 128 Å². The van der Waals surface area contributed by atoms with Gasteiger partial charge in [-0.05, 0) is 31.2 Å². The van der Waals surface area contributed by atoms with E-state index in [0.29, 0.717) is 0 Å². The molecule has 0 spiro atoms. The highest BCUT2D eigenvalue weighted by Gasteiger charge is 2.14. The van der Waals surface area contributed by atoms with Crippen LogP contribution in [0.5, 0.6) is 0 Å². The third-order valence-corrected chi connectivity index (χ3v) is 3.75.